The molecule has 3 aromatic carbocycles. The standard InChI is InChI=1S/C21H16BrClF2N2O/c1-12-2-4-14(25)9-17(12)16-6-5-15(10-18(16)23)26-19-7-3-13(22)8-20(19)27-21(28)11-24/h2-10,26H,11H2,1H3,(H,27,28). The van der Waals surface area contributed by atoms with Gasteiger partial charge in [-0.2, -0.15) is 0 Å². The summed E-state index contributed by atoms with van der Waals surface area (Å²) in [5, 5.41) is 6.11. The third-order valence-corrected chi connectivity index (χ3v) is 4.92. The van der Waals surface area contributed by atoms with Gasteiger partial charge in [0.2, 0.25) is 0 Å². The van der Waals surface area contributed by atoms with Crippen LogP contribution in [-0.2, 0) is 4.79 Å². The highest BCUT2D eigenvalue weighted by atomic mass is 79.9. The van der Waals surface area contributed by atoms with Gasteiger partial charge in [-0.15, -0.1) is 0 Å². The van der Waals surface area contributed by atoms with Crippen molar-refractivity contribution >= 4 is 50.5 Å². The summed E-state index contributed by atoms with van der Waals surface area (Å²) < 4.78 is 26.9. The Labute approximate surface area is 174 Å². The minimum atomic E-state index is -1.11. The summed E-state index contributed by atoms with van der Waals surface area (Å²) in [5.74, 6) is -1.07. The zero-order chi connectivity index (χ0) is 20.3. The highest BCUT2D eigenvalue weighted by Gasteiger charge is 2.11. The maximum atomic E-state index is 13.6. The normalized spacial score (nSPS) is 10.6. The van der Waals surface area contributed by atoms with Crippen LogP contribution in [0.3, 0.4) is 0 Å². The smallest absolute Gasteiger partial charge is 0.255 e. The van der Waals surface area contributed by atoms with E-state index < -0.39 is 12.6 Å². The summed E-state index contributed by atoms with van der Waals surface area (Å²) in [5.41, 5.74) is 4.02. The molecule has 0 aliphatic carbocycles. The third kappa shape index (κ3) is 4.69. The molecule has 3 nitrogen and oxygen atoms in total. The molecule has 144 valence electrons. The van der Waals surface area contributed by atoms with E-state index >= 15 is 0 Å². The minimum absolute atomic E-state index is 0.332. The zero-order valence-electron chi connectivity index (χ0n) is 14.8. The lowest BCUT2D eigenvalue weighted by Gasteiger charge is -2.15. The monoisotopic (exact) mass is 464 g/mol. The number of carbonyl (C=O) groups excluding carboxylic acids is 1. The lowest BCUT2D eigenvalue weighted by Crippen LogP contribution is -2.14. The van der Waals surface area contributed by atoms with Crippen molar-refractivity contribution in [3.05, 3.63) is 75.5 Å². The summed E-state index contributed by atoms with van der Waals surface area (Å²) >= 11 is 9.77. The molecule has 0 aliphatic rings. The number of alkyl halides is 1. The first-order valence-corrected chi connectivity index (χ1v) is 9.53. The highest BCUT2D eigenvalue weighted by Crippen LogP contribution is 2.35. The molecule has 0 fully saturated rings. The Bertz CT molecular complexity index is 1040. The van der Waals surface area contributed by atoms with E-state index in [-0.39, 0.29) is 5.82 Å². The molecular formula is C21H16BrClF2N2O. The SMILES string of the molecule is Cc1ccc(F)cc1-c1ccc(Nc2ccc(Br)cc2NC(=O)CF)cc1Cl. The van der Waals surface area contributed by atoms with E-state index in [2.05, 4.69) is 26.6 Å². The Hall–Kier alpha value is -2.44. The van der Waals surface area contributed by atoms with Crippen LogP contribution in [0.15, 0.2) is 59.1 Å². The highest BCUT2D eigenvalue weighted by molar-refractivity contribution is 9.10. The van der Waals surface area contributed by atoms with Crippen LogP contribution in [-0.4, -0.2) is 12.6 Å². The predicted octanol–water partition coefficient (Wildman–Crippen LogP) is 6.87. The number of anilines is 3. The first-order valence-electron chi connectivity index (χ1n) is 8.36. The Morgan fingerprint density at radius 3 is 2.54 bits per heavy atom. The first-order chi connectivity index (χ1) is 13.4. The largest absolute Gasteiger partial charge is 0.354 e. The Morgan fingerprint density at radius 1 is 1.04 bits per heavy atom. The molecule has 0 saturated heterocycles. The Kier molecular flexibility index (Phi) is 6.31. The van der Waals surface area contributed by atoms with Crippen LogP contribution in [0.5, 0.6) is 0 Å². The van der Waals surface area contributed by atoms with Crippen molar-refractivity contribution in [2.45, 2.75) is 6.92 Å². The van der Waals surface area contributed by atoms with Crippen LogP contribution >= 0.6 is 27.5 Å². The van der Waals surface area contributed by atoms with Crippen LogP contribution < -0.4 is 10.6 Å². The molecule has 0 aromatic heterocycles. The van der Waals surface area contributed by atoms with E-state index in [0.717, 1.165) is 15.6 Å². The second kappa shape index (κ2) is 8.71. The van der Waals surface area contributed by atoms with E-state index in [1.54, 1.807) is 42.5 Å². The number of nitrogens with one attached hydrogen (secondary N) is 2. The molecule has 1 amide bonds. The van der Waals surface area contributed by atoms with E-state index in [9.17, 15) is 13.6 Å². The second-order valence-corrected chi connectivity index (χ2v) is 7.47. The molecule has 3 rings (SSSR count). The first kappa shape index (κ1) is 20.3. The van der Waals surface area contributed by atoms with Gasteiger partial charge in [0.15, 0.2) is 6.67 Å². The fourth-order valence-corrected chi connectivity index (χ4v) is 3.41. The molecule has 28 heavy (non-hydrogen) atoms. The van der Waals surface area contributed by atoms with Gasteiger partial charge in [0.05, 0.1) is 16.4 Å². The van der Waals surface area contributed by atoms with Crippen LogP contribution in [0, 0.1) is 12.7 Å². The van der Waals surface area contributed by atoms with Gasteiger partial charge in [-0.05, 0) is 60.5 Å². The topological polar surface area (TPSA) is 41.1 Å². The summed E-state index contributed by atoms with van der Waals surface area (Å²) in [6.45, 7) is 0.776. The third-order valence-electron chi connectivity index (χ3n) is 4.11. The maximum Gasteiger partial charge on any atom is 0.255 e. The van der Waals surface area contributed by atoms with Gasteiger partial charge in [-0.3, -0.25) is 4.79 Å². The molecule has 0 aliphatic heterocycles. The van der Waals surface area contributed by atoms with Gasteiger partial charge in [-0.25, -0.2) is 8.78 Å². The summed E-state index contributed by atoms with van der Waals surface area (Å²) in [6.07, 6.45) is 0. The summed E-state index contributed by atoms with van der Waals surface area (Å²) in [7, 11) is 0. The number of aryl methyl sites for hydroxylation is 1. The van der Waals surface area contributed by atoms with Crippen LogP contribution in [0.25, 0.3) is 11.1 Å². The predicted molar refractivity (Wildman–Crippen MR) is 114 cm³/mol. The van der Waals surface area contributed by atoms with Gasteiger partial charge in [0, 0.05) is 15.7 Å². The molecule has 0 atom stereocenters. The van der Waals surface area contributed by atoms with E-state index in [0.29, 0.717) is 27.6 Å². The fraction of sp³-hybridized carbons (Fsp3) is 0.0952. The molecule has 2 N–H and O–H groups in total. The maximum absolute atomic E-state index is 13.6. The Balaban J connectivity index is 1.92. The Morgan fingerprint density at radius 2 is 1.82 bits per heavy atom. The molecule has 0 unspecified atom stereocenters. The zero-order valence-corrected chi connectivity index (χ0v) is 17.2. The van der Waals surface area contributed by atoms with Gasteiger partial charge in [-0.1, -0.05) is 39.7 Å². The fourth-order valence-electron chi connectivity index (χ4n) is 2.76. The number of rotatable bonds is 5. The lowest BCUT2D eigenvalue weighted by atomic mass is 10.00. The van der Waals surface area contributed by atoms with Crippen LogP contribution in [0.4, 0.5) is 25.8 Å². The molecular weight excluding hydrogens is 450 g/mol. The quantitative estimate of drug-likeness (QED) is 0.432. The molecule has 3 aromatic rings. The summed E-state index contributed by atoms with van der Waals surface area (Å²) in [4.78, 5) is 11.4. The molecule has 0 heterocycles. The van der Waals surface area contributed by atoms with Crippen molar-refractivity contribution in [1.29, 1.82) is 0 Å². The van der Waals surface area contributed by atoms with Crippen LogP contribution in [0.2, 0.25) is 5.02 Å². The molecule has 0 bridgehead atoms. The number of amides is 1. The number of halogens is 4. The average molecular weight is 466 g/mol. The minimum Gasteiger partial charge on any atom is -0.354 e. The number of hydrogen-bond donors (Lipinski definition) is 2. The molecule has 7 heteroatoms. The second-order valence-electron chi connectivity index (χ2n) is 6.15. The lowest BCUT2D eigenvalue weighted by molar-refractivity contribution is -0.117. The van der Waals surface area contributed by atoms with E-state index in [1.165, 1.54) is 12.1 Å². The van der Waals surface area contributed by atoms with Crippen LogP contribution in [0.1, 0.15) is 5.56 Å². The number of hydrogen-bond acceptors (Lipinski definition) is 2. The molecule has 0 spiro atoms. The van der Waals surface area contributed by atoms with Crippen molar-refractivity contribution < 1.29 is 13.6 Å². The molecule has 0 saturated carbocycles. The van der Waals surface area contributed by atoms with Gasteiger partial charge in [0.1, 0.15) is 5.82 Å². The van der Waals surface area contributed by atoms with Crippen molar-refractivity contribution in [3.8, 4) is 11.1 Å². The van der Waals surface area contributed by atoms with Crippen molar-refractivity contribution in [1.82, 2.24) is 0 Å². The van der Waals surface area contributed by atoms with Crippen molar-refractivity contribution in [3.63, 3.8) is 0 Å². The summed E-state index contributed by atoms with van der Waals surface area (Å²) in [6, 6.07) is 15.1. The van der Waals surface area contributed by atoms with Gasteiger partial charge < -0.3 is 10.6 Å². The number of carbonyl (C=O) groups is 1. The van der Waals surface area contributed by atoms with E-state index in [4.69, 9.17) is 11.6 Å². The van der Waals surface area contributed by atoms with Crippen molar-refractivity contribution in [2.75, 3.05) is 17.3 Å². The van der Waals surface area contributed by atoms with Crippen molar-refractivity contribution in [2.24, 2.45) is 0 Å². The molecule has 0 radical (unpaired) electrons. The van der Waals surface area contributed by atoms with E-state index in [1.807, 2.05) is 6.92 Å². The number of benzene rings is 3. The van der Waals surface area contributed by atoms with Gasteiger partial charge >= 0.3 is 0 Å². The average Bonchev–Trinajstić information content (AvgIpc) is 2.66. The van der Waals surface area contributed by atoms with Gasteiger partial charge in [0.25, 0.3) is 5.91 Å².